The van der Waals surface area contributed by atoms with Gasteiger partial charge in [-0.1, -0.05) is 36.4 Å². The Balaban J connectivity index is 1.49. The molecule has 0 saturated heterocycles. The Hall–Kier alpha value is -2.92. The Morgan fingerprint density at radius 1 is 0.963 bits per heavy atom. The summed E-state index contributed by atoms with van der Waals surface area (Å²) in [4.78, 5) is 26.3. The van der Waals surface area contributed by atoms with Crippen LogP contribution in [-0.2, 0) is 19.4 Å². The fourth-order valence-corrected chi connectivity index (χ4v) is 4.61. The molecule has 0 saturated carbocycles. The van der Waals surface area contributed by atoms with Gasteiger partial charge in [0.15, 0.2) is 0 Å². The summed E-state index contributed by atoms with van der Waals surface area (Å²) < 4.78 is 0. The molecule has 2 amide bonds. The molecular weight excluding hydrogens is 356 g/mol. The van der Waals surface area contributed by atoms with Crippen LogP contribution in [0.4, 0.5) is 0 Å². The van der Waals surface area contributed by atoms with Crippen LogP contribution in [0.5, 0.6) is 0 Å². The first-order chi connectivity index (χ1) is 13.2. The number of carbonyl (C=O) groups is 2. The summed E-state index contributed by atoms with van der Waals surface area (Å²) in [6.07, 6.45) is 2.00. The predicted octanol–water partition coefficient (Wildman–Crippen LogP) is 3.80. The number of hydrogen-bond donors (Lipinski definition) is 2. The molecule has 3 aromatic rings. The molecule has 1 heterocycles. The van der Waals surface area contributed by atoms with Gasteiger partial charge in [0, 0.05) is 24.0 Å². The van der Waals surface area contributed by atoms with E-state index in [-0.39, 0.29) is 11.8 Å². The van der Waals surface area contributed by atoms with E-state index in [2.05, 4.69) is 28.8 Å². The van der Waals surface area contributed by atoms with Gasteiger partial charge in [-0.3, -0.25) is 9.59 Å². The lowest BCUT2D eigenvalue weighted by molar-refractivity contribution is 0.0952. The minimum atomic E-state index is -0.132. The van der Waals surface area contributed by atoms with Gasteiger partial charge in [-0.15, -0.1) is 11.3 Å². The van der Waals surface area contributed by atoms with Gasteiger partial charge in [0.05, 0.1) is 4.88 Å². The highest BCUT2D eigenvalue weighted by Crippen LogP contribution is 2.39. The zero-order valence-corrected chi connectivity index (χ0v) is 15.9. The summed E-state index contributed by atoms with van der Waals surface area (Å²) in [7, 11) is 1.60. The Labute approximate surface area is 162 Å². The lowest BCUT2D eigenvalue weighted by atomic mass is 9.91. The molecule has 27 heavy (non-hydrogen) atoms. The Kier molecular flexibility index (Phi) is 4.77. The molecule has 0 spiro atoms. The maximum Gasteiger partial charge on any atom is 0.261 e. The number of thiophene rings is 1. The quantitative estimate of drug-likeness (QED) is 0.728. The van der Waals surface area contributed by atoms with Gasteiger partial charge < -0.3 is 10.6 Å². The number of fused-ring (bicyclic) bond motifs is 3. The topological polar surface area (TPSA) is 58.2 Å². The Bertz CT molecular complexity index is 1020. The van der Waals surface area contributed by atoms with Crippen molar-refractivity contribution in [1.82, 2.24) is 10.6 Å². The fraction of sp³-hybridized carbons (Fsp3) is 0.182. The molecule has 1 aliphatic rings. The highest BCUT2D eigenvalue weighted by Gasteiger charge is 2.21. The summed E-state index contributed by atoms with van der Waals surface area (Å²) in [5.74, 6) is -0.204. The molecule has 2 N–H and O–H groups in total. The highest BCUT2D eigenvalue weighted by atomic mass is 32.1. The lowest BCUT2D eigenvalue weighted by Crippen LogP contribution is -2.22. The average molecular weight is 376 g/mol. The summed E-state index contributed by atoms with van der Waals surface area (Å²) in [6.45, 7) is 0.392. The van der Waals surface area contributed by atoms with Crippen LogP contribution in [-0.4, -0.2) is 18.9 Å². The number of benzene rings is 2. The zero-order chi connectivity index (χ0) is 18.8. The molecule has 4 rings (SSSR count). The minimum Gasteiger partial charge on any atom is -0.355 e. The number of rotatable bonds is 4. The zero-order valence-electron chi connectivity index (χ0n) is 15.0. The molecule has 1 aliphatic carbocycles. The fourth-order valence-electron chi connectivity index (χ4n) is 3.42. The van der Waals surface area contributed by atoms with Crippen LogP contribution in [0, 0.1) is 0 Å². The van der Waals surface area contributed by atoms with Crippen molar-refractivity contribution in [3.05, 3.63) is 81.7 Å². The van der Waals surface area contributed by atoms with Crippen LogP contribution in [0.25, 0.3) is 10.4 Å². The van der Waals surface area contributed by atoms with E-state index in [4.69, 9.17) is 0 Å². The van der Waals surface area contributed by atoms with Crippen molar-refractivity contribution in [3.63, 3.8) is 0 Å². The van der Waals surface area contributed by atoms with E-state index in [1.807, 2.05) is 24.3 Å². The first-order valence-electron chi connectivity index (χ1n) is 8.96. The van der Waals surface area contributed by atoms with Crippen LogP contribution in [0.15, 0.2) is 54.6 Å². The molecule has 0 bridgehead atoms. The number of aryl methyl sites for hydroxylation is 2. The van der Waals surface area contributed by atoms with Crippen molar-refractivity contribution in [1.29, 1.82) is 0 Å². The third kappa shape index (κ3) is 3.51. The lowest BCUT2D eigenvalue weighted by Gasteiger charge is -2.15. The van der Waals surface area contributed by atoms with E-state index in [1.54, 1.807) is 30.5 Å². The second kappa shape index (κ2) is 7.37. The number of carbonyl (C=O) groups excluding carboxylic acids is 2. The first kappa shape index (κ1) is 17.5. The maximum absolute atomic E-state index is 12.6. The molecule has 0 aliphatic heterocycles. The smallest absolute Gasteiger partial charge is 0.261 e. The molecule has 0 radical (unpaired) electrons. The molecular formula is C22H20N2O2S. The van der Waals surface area contributed by atoms with Crippen molar-refractivity contribution in [2.45, 2.75) is 19.4 Å². The molecule has 1 aromatic heterocycles. The van der Waals surface area contributed by atoms with E-state index >= 15 is 0 Å². The number of hydrogen-bond acceptors (Lipinski definition) is 3. The van der Waals surface area contributed by atoms with Crippen LogP contribution >= 0.6 is 11.3 Å². The number of nitrogens with one attached hydrogen (secondary N) is 2. The minimum absolute atomic E-state index is 0.0720. The van der Waals surface area contributed by atoms with Crippen LogP contribution in [0.1, 0.15) is 36.7 Å². The van der Waals surface area contributed by atoms with Crippen molar-refractivity contribution in [2.24, 2.45) is 0 Å². The molecule has 0 atom stereocenters. The largest absolute Gasteiger partial charge is 0.355 e. The van der Waals surface area contributed by atoms with Gasteiger partial charge in [-0.2, -0.15) is 0 Å². The van der Waals surface area contributed by atoms with E-state index in [1.165, 1.54) is 21.6 Å². The van der Waals surface area contributed by atoms with E-state index in [9.17, 15) is 9.59 Å². The number of amides is 2. The second-order valence-electron chi connectivity index (χ2n) is 6.58. The van der Waals surface area contributed by atoms with Gasteiger partial charge in [0.25, 0.3) is 11.8 Å². The van der Waals surface area contributed by atoms with E-state index < -0.39 is 0 Å². The molecule has 0 unspecified atom stereocenters. The molecule has 0 fully saturated rings. The van der Waals surface area contributed by atoms with Crippen molar-refractivity contribution in [2.75, 3.05) is 7.05 Å². The summed E-state index contributed by atoms with van der Waals surface area (Å²) in [5.41, 5.74) is 5.35. The average Bonchev–Trinajstić information content (AvgIpc) is 3.16. The predicted molar refractivity (Wildman–Crippen MR) is 108 cm³/mol. The van der Waals surface area contributed by atoms with Crippen LogP contribution < -0.4 is 10.6 Å². The van der Waals surface area contributed by atoms with Crippen molar-refractivity contribution >= 4 is 23.2 Å². The normalized spacial score (nSPS) is 12.0. The summed E-state index contributed by atoms with van der Waals surface area (Å²) in [5, 5.41) is 5.58. The molecule has 136 valence electrons. The van der Waals surface area contributed by atoms with Gasteiger partial charge in [0.2, 0.25) is 0 Å². The first-order valence-corrected chi connectivity index (χ1v) is 9.77. The summed E-state index contributed by atoms with van der Waals surface area (Å²) >= 11 is 1.56. The van der Waals surface area contributed by atoms with Gasteiger partial charge in [-0.25, -0.2) is 0 Å². The Morgan fingerprint density at radius 2 is 1.78 bits per heavy atom. The highest BCUT2D eigenvalue weighted by molar-refractivity contribution is 7.17. The second-order valence-corrected chi connectivity index (χ2v) is 7.64. The maximum atomic E-state index is 12.6. The van der Waals surface area contributed by atoms with Crippen molar-refractivity contribution < 1.29 is 9.59 Å². The van der Waals surface area contributed by atoms with Gasteiger partial charge in [-0.05, 0) is 53.3 Å². The third-order valence-electron chi connectivity index (χ3n) is 4.83. The molecule has 2 aromatic carbocycles. The van der Waals surface area contributed by atoms with Crippen molar-refractivity contribution in [3.8, 4) is 10.4 Å². The standard InChI is InChI=1S/C22H20N2O2S/c1-23-21(25)17-7-4-5-14(11-17)13-24-22(26)19-12-16-10-9-15-6-2-3-8-18(15)20(16)27-19/h2-8,11-12H,9-10,13H2,1H3,(H,23,25)(H,24,26). The van der Waals surface area contributed by atoms with Gasteiger partial charge >= 0.3 is 0 Å². The third-order valence-corrected chi connectivity index (χ3v) is 6.04. The van der Waals surface area contributed by atoms with Gasteiger partial charge in [0.1, 0.15) is 0 Å². The van der Waals surface area contributed by atoms with E-state index in [0.717, 1.165) is 23.3 Å². The monoisotopic (exact) mass is 376 g/mol. The summed E-state index contributed by atoms with van der Waals surface area (Å²) in [6, 6.07) is 17.7. The molecule has 5 heteroatoms. The van der Waals surface area contributed by atoms with Crippen LogP contribution in [0.3, 0.4) is 0 Å². The van der Waals surface area contributed by atoms with E-state index in [0.29, 0.717) is 12.1 Å². The SMILES string of the molecule is CNC(=O)c1cccc(CNC(=O)c2cc3c(s2)-c2ccccc2CC3)c1. The molecule has 4 nitrogen and oxygen atoms in total. The van der Waals surface area contributed by atoms with Crippen LogP contribution in [0.2, 0.25) is 0 Å². The Morgan fingerprint density at radius 3 is 2.63 bits per heavy atom.